The van der Waals surface area contributed by atoms with E-state index in [0.29, 0.717) is 0 Å². The molecule has 0 atom stereocenters. The molecule has 0 aromatic carbocycles. The van der Waals surface area contributed by atoms with Gasteiger partial charge in [0.1, 0.15) is 18.5 Å². The minimum absolute atomic E-state index is 0.721. The average molecular weight is 315 g/mol. The Morgan fingerprint density at radius 3 is 3.00 bits per heavy atom. The van der Waals surface area contributed by atoms with E-state index in [4.69, 9.17) is 0 Å². The lowest BCUT2D eigenvalue weighted by atomic mass is 10.3. The molecule has 4 rings (SSSR count). The molecule has 8 heteroatoms. The summed E-state index contributed by atoms with van der Waals surface area (Å²) in [5.74, 6) is 1.12. The van der Waals surface area contributed by atoms with Crippen LogP contribution in [0.3, 0.4) is 0 Å². The van der Waals surface area contributed by atoms with Gasteiger partial charge in [0.2, 0.25) is 0 Å². The zero-order valence-corrected chi connectivity index (χ0v) is 13.2. The third-order valence-corrected chi connectivity index (χ3v) is 4.69. The maximum atomic E-state index is 4.58. The number of hydrogen-bond acceptors (Lipinski definition) is 6. The van der Waals surface area contributed by atoms with Crippen LogP contribution in [0.15, 0.2) is 24.2 Å². The molecular formula is C14H17N7S. The molecule has 0 N–H and O–H groups in total. The molecular weight excluding hydrogens is 298 g/mol. The van der Waals surface area contributed by atoms with Gasteiger partial charge in [-0.05, 0) is 6.92 Å². The number of thiazole rings is 1. The zero-order chi connectivity index (χ0) is 14.9. The summed E-state index contributed by atoms with van der Waals surface area (Å²) < 4.78 is 4.12. The standard InChI is InChI=1S/C14H17N7S/c1-11-18-12(8-22-11)5-19-2-3-21-13(4-16-14(21)7-19)6-20-10-15-9-17-20/h4,8-10H,2-3,5-7H2,1H3. The van der Waals surface area contributed by atoms with Crippen molar-refractivity contribution in [2.24, 2.45) is 0 Å². The molecule has 3 aromatic rings. The Kier molecular flexibility index (Phi) is 3.47. The van der Waals surface area contributed by atoms with Crippen molar-refractivity contribution in [2.45, 2.75) is 33.1 Å². The molecule has 114 valence electrons. The van der Waals surface area contributed by atoms with Gasteiger partial charge in [0.25, 0.3) is 0 Å². The molecule has 7 nitrogen and oxygen atoms in total. The van der Waals surface area contributed by atoms with Gasteiger partial charge in [-0.25, -0.2) is 19.6 Å². The number of hydrogen-bond donors (Lipinski definition) is 0. The number of imidazole rings is 1. The number of aromatic nitrogens is 6. The molecule has 0 amide bonds. The van der Waals surface area contributed by atoms with Crippen molar-refractivity contribution >= 4 is 11.3 Å². The summed E-state index contributed by atoms with van der Waals surface area (Å²) in [6.07, 6.45) is 5.25. The van der Waals surface area contributed by atoms with E-state index in [1.807, 2.05) is 17.8 Å². The highest BCUT2D eigenvalue weighted by molar-refractivity contribution is 7.09. The van der Waals surface area contributed by atoms with Crippen molar-refractivity contribution in [3.63, 3.8) is 0 Å². The normalized spacial score (nSPS) is 15.1. The topological polar surface area (TPSA) is 64.7 Å². The molecule has 0 spiro atoms. The van der Waals surface area contributed by atoms with Gasteiger partial charge in [-0.1, -0.05) is 0 Å². The van der Waals surface area contributed by atoms with E-state index in [1.54, 1.807) is 24.0 Å². The number of fused-ring (bicyclic) bond motifs is 1. The molecule has 0 saturated heterocycles. The van der Waals surface area contributed by atoms with E-state index in [1.165, 1.54) is 5.69 Å². The van der Waals surface area contributed by atoms with Crippen LogP contribution in [-0.4, -0.2) is 40.7 Å². The van der Waals surface area contributed by atoms with Crippen molar-refractivity contribution in [1.29, 1.82) is 0 Å². The summed E-state index contributed by atoms with van der Waals surface area (Å²) in [6.45, 7) is 6.52. The minimum atomic E-state index is 0.721. The van der Waals surface area contributed by atoms with Gasteiger partial charge in [-0.2, -0.15) is 5.10 Å². The third kappa shape index (κ3) is 2.67. The molecule has 0 unspecified atom stereocenters. The van der Waals surface area contributed by atoms with Crippen LogP contribution >= 0.6 is 11.3 Å². The summed E-state index contributed by atoms with van der Waals surface area (Å²) in [6, 6.07) is 0. The van der Waals surface area contributed by atoms with Crippen LogP contribution in [0.25, 0.3) is 0 Å². The first-order chi connectivity index (χ1) is 10.8. The van der Waals surface area contributed by atoms with Crippen LogP contribution in [0.5, 0.6) is 0 Å². The summed E-state index contributed by atoms with van der Waals surface area (Å²) in [5, 5.41) is 7.43. The Morgan fingerprint density at radius 1 is 1.27 bits per heavy atom. The van der Waals surface area contributed by atoms with Gasteiger partial charge in [0.15, 0.2) is 0 Å². The maximum absolute atomic E-state index is 4.58. The molecule has 3 aromatic heterocycles. The number of nitrogens with zero attached hydrogens (tertiary/aromatic N) is 7. The second-order valence-electron chi connectivity index (χ2n) is 5.48. The van der Waals surface area contributed by atoms with E-state index in [0.717, 1.165) is 49.2 Å². The molecule has 22 heavy (non-hydrogen) atoms. The van der Waals surface area contributed by atoms with Crippen LogP contribution in [0.1, 0.15) is 22.2 Å². The van der Waals surface area contributed by atoms with Crippen molar-refractivity contribution in [3.8, 4) is 0 Å². The van der Waals surface area contributed by atoms with Gasteiger partial charge in [-0.3, -0.25) is 4.90 Å². The zero-order valence-electron chi connectivity index (χ0n) is 12.4. The fraction of sp³-hybridized carbons (Fsp3) is 0.429. The second-order valence-corrected chi connectivity index (χ2v) is 6.54. The summed E-state index contributed by atoms with van der Waals surface area (Å²) in [5.41, 5.74) is 2.34. The van der Waals surface area contributed by atoms with E-state index in [-0.39, 0.29) is 0 Å². The SMILES string of the molecule is Cc1nc(CN2CCn3c(Cn4cncn4)cnc3C2)cs1. The molecule has 0 fully saturated rings. The quantitative estimate of drug-likeness (QED) is 0.726. The van der Waals surface area contributed by atoms with Crippen LogP contribution in [-0.2, 0) is 26.2 Å². The molecule has 0 saturated carbocycles. The van der Waals surface area contributed by atoms with Gasteiger partial charge in [0.05, 0.1) is 35.7 Å². The van der Waals surface area contributed by atoms with Crippen molar-refractivity contribution < 1.29 is 0 Å². The molecule has 0 bridgehead atoms. The fourth-order valence-corrected chi connectivity index (χ4v) is 3.43. The first-order valence-corrected chi connectivity index (χ1v) is 8.15. The van der Waals surface area contributed by atoms with Gasteiger partial charge in [-0.15, -0.1) is 11.3 Å². The Hall–Kier alpha value is -2.06. The maximum Gasteiger partial charge on any atom is 0.137 e. The van der Waals surface area contributed by atoms with Gasteiger partial charge >= 0.3 is 0 Å². The number of aryl methyl sites for hydroxylation is 1. The Morgan fingerprint density at radius 2 is 2.23 bits per heavy atom. The van der Waals surface area contributed by atoms with Crippen LogP contribution in [0, 0.1) is 6.92 Å². The lowest BCUT2D eigenvalue weighted by molar-refractivity contribution is 0.205. The summed E-state index contributed by atoms with van der Waals surface area (Å²) in [7, 11) is 0. The summed E-state index contributed by atoms with van der Waals surface area (Å²) >= 11 is 1.71. The van der Waals surface area contributed by atoms with Crippen LogP contribution < -0.4 is 0 Å². The summed E-state index contributed by atoms with van der Waals surface area (Å²) in [4.78, 5) is 15.5. The van der Waals surface area contributed by atoms with Crippen molar-refractivity contribution in [1.82, 2.24) is 34.2 Å². The molecule has 1 aliphatic heterocycles. The minimum Gasteiger partial charge on any atom is -0.328 e. The van der Waals surface area contributed by atoms with Crippen LogP contribution in [0.2, 0.25) is 0 Å². The molecule has 1 aliphatic rings. The molecule has 4 heterocycles. The predicted molar refractivity (Wildman–Crippen MR) is 82.3 cm³/mol. The first kappa shape index (κ1) is 13.6. The van der Waals surface area contributed by atoms with Crippen molar-refractivity contribution in [2.75, 3.05) is 6.54 Å². The lowest BCUT2D eigenvalue weighted by Crippen LogP contribution is -2.34. The molecule has 0 radical (unpaired) electrons. The molecule has 0 aliphatic carbocycles. The number of rotatable bonds is 4. The highest BCUT2D eigenvalue weighted by Gasteiger charge is 2.20. The lowest BCUT2D eigenvalue weighted by Gasteiger charge is -2.27. The highest BCUT2D eigenvalue weighted by Crippen LogP contribution is 2.18. The monoisotopic (exact) mass is 315 g/mol. The Labute approximate surface area is 132 Å². The Balaban J connectivity index is 1.46. The van der Waals surface area contributed by atoms with Crippen LogP contribution in [0.4, 0.5) is 0 Å². The van der Waals surface area contributed by atoms with E-state index < -0.39 is 0 Å². The second kappa shape index (κ2) is 5.62. The smallest absolute Gasteiger partial charge is 0.137 e. The fourth-order valence-electron chi connectivity index (χ4n) is 2.82. The Bertz CT molecular complexity index is 758. The van der Waals surface area contributed by atoms with Crippen molar-refractivity contribution in [3.05, 3.63) is 46.5 Å². The van der Waals surface area contributed by atoms with E-state index >= 15 is 0 Å². The predicted octanol–water partition coefficient (Wildman–Crippen LogP) is 1.30. The van der Waals surface area contributed by atoms with Gasteiger partial charge in [0, 0.05) is 25.0 Å². The largest absolute Gasteiger partial charge is 0.328 e. The highest BCUT2D eigenvalue weighted by atomic mass is 32.1. The third-order valence-electron chi connectivity index (χ3n) is 3.87. The van der Waals surface area contributed by atoms with E-state index in [9.17, 15) is 0 Å². The average Bonchev–Trinajstić information content (AvgIpc) is 3.23. The van der Waals surface area contributed by atoms with Gasteiger partial charge < -0.3 is 4.57 Å². The van der Waals surface area contributed by atoms with E-state index in [2.05, 4.69) is 34.9 Å². The first-order valence-electron chi connectivity index (χ1n) is 7.27.